The van der Waals surface area contributed by atoms with E-state index in [-0.39, 0.29) is 16.8 Å². The Bertz CT molecular complexity index is 458. The Labute approximate surface area is 107 Å². The maximum Gasteiger partial charge on any atom is 0.433 e. The number of halogens is 4. The molecule has 0 radical (unpaired) electrons. The fourth-order valence-corrected chi connectivity index (χ4v) is 2.35. The molecule has 100 valence electrons. The van der Waals surface area contributed by atoms with Crippen molar-refractivity contribution in [3.05, 3.63) is 28.5 Å². The normalized spacial score (nSPS) is 28.0. The van der Waals surface area contributed by atoms with Gasteiger partial charge in [-0.15, -0.1) is 0 Å². The summed E-state index contributed by atoms with van der Waals surface area (Å²) >= 11 is 5.71. The molecule has 1 aromatic heterocycles. The molecule has 7 heteroatoms. The number of alkyl halides is 3. The minimum Gasteiger partial charge on any atom is -0.385 e. The van der Waals surface area contributed by atoms with Gasteiger partial charge in [0.2, 0.25) is 0 Å². The lowest BCUT2D eigenvalue weighted by Crippen LogP contribution is -2.45. The minimum atomic E-state index is -4.54. The van der Waals surface area contributed by atoms with Crippen LogP contribution in [0, 0.1) is 0 Å². The Morgan fingerprint density at radius 2 is 2.06 bits per heavy atom. The molecule has 0 aliphatic heterocycles. The third-order valence-corrected chi connectivity index (χ3v) is 3.39. The molecule has 1 fully saturated rings. The van der Waals surface area contributed by atoms with Gasteiger partial charge in [-0.3, -0.25) is 0 Å². The van der Waals surface area contributed by atoms with Crippen LogP contribution in [0.4, 0.5) is 13.2 Å². The molecular formula is C11H11ClF3NO2. The maximum absolute atomic E-state index is 12.4. The molecule has 1 aliphatic carbocycles. The van der Waals surface area contributed by atoms with Gasteiger partial charge in [-0.2, -0.15) is 13.2 Å². The molecule has 3 nitrogen and oxygen atoms in total. The third-order valence-electron chi connectivity index (χ3n) is 3.10. The summed E-state index contributed by atoms with van der Waals surface area (Å²) in [7, 11) is 1.51. The minimum absolute atomic E-state index is 0.103. The molecule has 1 aromatic rings. The molecule has 0 saturated heterocycles. The molecule has 0 bridgehead atoms. The first kappa shape index (κ1) is 13.6. The van der Waals surface area contributed by atoms with E-state index in [4.69, 9.17) is 16.3 Å². The summed E-state index contributed by atoms with van der Waals surface area (Å²) in [5.74, 6) is 0. The molecule has 1 aliphatic rings. The van der Waals surface area contributed by atoms with E-state index >= 15 is 0 Å². The lowest BCUT2D eigenvalue weighted by atomic mass is 9.73. The number of hydrogen-bond donors (Lipinski definition) is 1. The molecule has 0 atom stereocenters. The van der Waals surface area contributed by atoms with Crippen molar-refractivity contribution in [2.24, 2.45) is 0 Å². The van der Waals surface area contributed by atoms with Crippen molar-refractivity contribution in [1.29, 1.82) is 0 Å². The van der Waals surface area contributed by atoms with Crippen LogP contribution in [0.25, 0.3) is 0 Å². The Morgan fingerprint density at radius 3 is 2.50 bits per heavy atom. The molecule has 1 N–H and O–H groups in total. The Kier molecular flexibility index (Phi) is 3.29. The fourth-order valence-electron chi connectivity index (χ4n) is 2.02. The summed E-state index contributed by atoms with van der Waals surface area (Å²) in [6, 6.07) is 1.99. The van der Waals surface area contributed by atoms with Crippen molar-refractivity contribution < 1.29 is 23.0 Å². The molecular weight excluding hydrogens is 271 g/mol. The van der Waals surface area contributed by atoms with Gasteiger partial charge in [0.1, 0.15) is 10.8 Å². The second-order valence-corrected chi connectivity index (χ2v) is 4.69. The Hall–Kier alpha value is -0.850. The highest BCUT2D eigenvalue weighted by Gasteiger charge is 2.46. The lowest BCUT2D eigenvalue weighted by Gasteiger charge is -2.43. The van der Waals surface area contributed by atoms with E-state index in [9.17, 15) is 18.3 Å². The summed E-state index contributed by atoms with van der Waals surface area (Å²) in [5.41, 5.74) is -2.09. The largest absolute Gasteiger partial charge is 0.433 e. The lowest BCUT2D eigenvalue weighted by molar-refractivity contribution is -0.142. The van der Waals surface area contributed by atoms with E-state index in [0.717, 1.165) is 6.07 Å². The quantitative estimate of drug-likeness (QED) is 0.848. The number of nitrogens with zero attached hydrogens (tertiary/aromatic N) is 1. The molecule has 0 spiro atoms. The molecule has 0 unspecified atom stereocenters. The van der Waals surface area contributed by atoms with Crippen molar-refractivity contribution in [3.63, 3.8) is 0 Å². The van der Waals surface area contributed by atoms with E-state index in [1.54, 1.807) is 0 Å². The van der Waals surface area contributed by atoms with E-state index < -0.39 is 17.5 Å². The van der Waals surface area contributed by atoms with Crippen molar-refractivity contribution in [3.8, 4) is 0 Å². The molecule has 0 aromatic carbocycles. The molecule has 1 heterocycles. The molecule has 0 amide bonds. The predicted octanol–water partition coefficient (Wildman–Crippen LogP) is 2.75. The zero-order chi connectivity index (χ0) is 13.6. The third kappa shape index (κ3) is 2.32. The first-order valence-electron chi connectivity index (χ1n) is 5.25. The van der Waals surface area contributed by atoms with Crippen LogP contribution in [-0.4, -0.2) is 23.3 Å². The van der Waals surface area contributed by atoms with Crippen LogP contribution < -0.4 is 0 Å². The van der Waals surface area contributed by atoms with Gasteiger partial charge in [0, 0.05) is 25.5 Å². The molecule has 18 heavy (non-hydrogen) atoms. The Balaban J connectivity index is 2.27. The average Bonchev–Trinajstić information content (AvgIpc) is 2.23. The van der Waals surface area contributed by atoms with Crippen LogP contribution >= 0.6 is 11.6 Å². The zero-order valence-electron chi connectivity index (χ0n) is 9.46. The van der Waals surface area contributed by atoms with Gasteiger partial charge in [-0.05, 0) is 6.07 Å². The maximum atomic E-state index is 12.4. The second-order valence-electron chi connectivity index (χ2n) is 4.33. The highest BCUT2D eigenvalue weighted by Crippen LogP contribution is 2.45. The van der Waals surface area contributed by atoms with Gasteiger partial charge < -0.3 is 9.84 Å². The SMILES string of the molecule is COC1CC(O)(c2ccc(C(F)(F)F)nc2Cl)C1. The van der Waals surface area contributed by atoms with E-state index in [1.165, 1.54) is 13.2 Å². The summed E-state index contributed by atoms with van der Waals surface area (Å²) in [5, 5.41) is 9.85. The van der Waals surface area contributed by atoms with Gasteiger partial charge in [-0.1, -0.05) is 17.7 Å². The van der Waals surface area contributed by atoms with E-state index in [1.807, 2.05) is 0 Å². The number of aromatic nitrogens is 1. The van der Waals surface area contributed by atoms with Crippen LogP contribution in [0.15, 0.2) is 12.1 Å². The smallest absolute Gasteiger partial charge is 0.385 e. The zero-order valence-corrected chi connectivity index (χ0v) is 10.2. The number of rotatable bonds is 2. The summed E-state index contributed by atoms with van der Waals surface area (Å²) in [6.45, 7) is 0. The van der Waals surface area contributed by atoms with Crippen molar-refractivity contribution in [1.82, 2.24) is 4.98 Å². The van der Waals surface area contributed by atoms with E-state index in [0.29, 0.717) is 12.8 Å². The van der Waals surface area contributed by atoms with E-state index in [2.05, 4.69) is 4.98 Å². The van der Waals surface area contributed by atoms with Gasteiger partial charge in [0.15, 0.2) is 0 Å². The van der Waals surface area contributed by atoms with Crippen LogP contribution in [0.2, 0.25) is 5.15 Å². The van der Waals surface area contributed by atoms with Gasteiger partial charge >= 0.3 is 6.18 Å². The van der Waals surface area contributed by atoms with Crippen molar-refractivity contribution in [2.45, 2.75) is 30.7 Å². The topological polar surface area (TPSA) is 42.4 Å². The first-order valence-corrected chi connectivity index (χ1v) is 5.63. The van der Waals surface area contributed by atoms with Crippen LogP contribution in [0.3, 0.4) is 0 Å². The van der Waals surface area contributed by atoms with Gasteiger partial charge in [0.25, 0.3) is 0 Å². The predicted molar refractivity (Wildman–Crippen MR) is 58.2 cm³/mol. The number of hydrogen-bond acceptors (Lipinski definition) is 3. The summed E-state index contributed by atoms with van der Waals surface area (Å²) in [6.07, 6.45) is -4.04. The fraction of sp³-hybridized carbons (Fsp3) is 0.545. The van der Waals surface area contributed by atoms with Crippen LogP contribution in [0.1, 0.15) is 24.1 Å². The average molecular weight is 282 g/mol. The van der Waals surface area contributed by atoms with Crippen molar-refractivity contribution >= 4 is 11.6 Å². The standard InChI is InChI=1S/C11H11ClF3NO2/c1-18-6-4-10(17,5-6)7-2-3-8(11(13,14)15)16-9(7)12/h2-3,6,17H,4-5H2,1H3. The monoisotopic (exact) mass is 281 g/mol. The summed E-state index contributed by atoms with van der Waals surface area (Å²) < 4.78 is 42.2. The van der Waals surface area contributed by atoms with Crippen LogP contribution in [0.5, 0.6) is 0 Å². The molecule has 1 saturated carbocycles. The van der Waals surface area contributed by atoms with Crippen molar-refractivity contribution in [2.75, 3.05) is 7.11 Å². The highest BCUT2D eigenvalue weighted by atomic mass is 35.5. The summed E-state index contributed by atoms with van der Waals surface area (Å²) in [4.78, 5) is 3.28. The molecule has 2 rings (SSSR count). The number of ether oxygens (including phenoxy) is 1. The number of pyridine rings is 1. The number of aliphatic hydroxyl groups is 1. The first-order chi connectivity index (χ1) is 8.26. The van der Waals surface area contributed by atoms with Crippen LogP contribution in [-0.2, 0) is 16.5 Å². The van der Waals surface area contributed by atoms with Gasteiger partial charge in [-0.25, -0.2) is 4.98 Å². The highest BCUT2D eigenvalue weighted by molar-refractivity contribution is 6.30. The number of methoxy groups -OCH3 is 1. The second kappa shape index (κ2) is 4.36. The van der Waals surface area contributed by atoms with Gasteiger partial charge in [0.05, 0.1) is 11.7 Å². The Morgan fingerprint density at radius 1 is 1.44 bits per heavy atom.